The number of rotatable bonds is 6. The van der Waals surface area contributed by atoms with Gasteiger partial charge in [0.15, 0.2) is 5.69 Å². The average molecular weight is 551 g/mol. The number of hydrogen-bond acceptors (Lipinski definition) is 4. The third-order valence-electron chi connectivity index (χ3n) is 7.85. The van der Waals surface area contributed by atoms with Crippen LogP contribution in [0.15, 0.2) is 54.9 Å². The van der Waals surface area contributed by atoms with E-state index in [-0.39, 0.29) is 30.1 Å². The summed E-state index contributed by atoms with van der Waals surface area (Å²) in [7, 11) is 3.44. The maximum Gasteiger partial charge on any atom is 0.317 e. The van der Waals surface area contributed by atoms with Crippen LogP contribution in [0, 0.1) is 11.6 Å². The summed E-state index contributed by atoms with van der Waals surface area (Å²) in [5.74, 6) is -1.49. The van der Waals surface area contributed by atoms with Gasteiger partial charge in [-0.05, 0) is 37.0 Å². The zero-order valence-corrected chi connectivity index (χ0v) is 22.9. The van der Waals surface area contributed by atoms with Crippen LogP contribution in [0.1, 0.15) is 47.8 Å². The van der Waals surface area contributed by atoms with Crippen LogP contribution in [0.5, 0.6) is 0 Å². The number of piperazine rings is 1. The molecule has 0 spiro atoms. The van der Waals surface area contributed by atoms with E-state index in [1.807, 2.05) is 30.3 Å². The monoisotopic (exact) mass is 550 g/mol. The highest BCUT2D eigenvalue weighted by molar-refractivity contribution is 5.98. The van der Waals surface area contributed by atoms with Crippen LogP contribution < -0.4 is 10.6 Å². The number of nitrogens with one attached hydrogen (secondary N) is 2. The standard InChI is InChI=1S/C30H36F2N6O2/c1-36(2)30(40)35-25-10-6-7-11-26(25)38-19-34-27(28(38)21-8-4-3-5-9-21)29(39)37-13-12-33-18-24(37)16-20-14-22(31)17-23(32)15-20/h3-5,8-9,14-15,17,19,24-26,33H,6-7,10-13,16,18H2,1-2H3,(H,35,40)/t24-,25+,26+/m1/s1. The molecule has 8 nitrogen and oxygen atoms in total. The molecule has 2 aromatic carbocycles. The zero-order valence-electron chi connectivity index (χ0n) is 22.9. The largest absolute Gasteiger partial charge is 0.333 e. The summed E-state index contributed by atoms with van der Waals surface area (Å²) < 4.78 is 29.9. The molecule has 3 atom stereocenters. The first-order chi connectivity index (χ1) is 19.3. The van der Waals surface area contributed by atoms with E-state index in [0.717, 1.165) is 43.0 Å². The van der Waals surface area contributed by atoms with Gasteiger partial charge in [-0.3, -0.25) is 4.79 Å². The van der Waals surface area contributed by atoms with Crippen LogP contribution in [-0.2, 0) is 6.42 Å². The molecule has 10 heteroatoms. The minimum Gasteiger partial charge on any atom is -0.333 e. The second-order valence-electron chi connectivity index (χ2n) is 10.9. The zero-order chi connectivity index (χ0) is 28.2. The molecule has 5 rings (SSSR count). The Bertz CT molecular complexity index is 1320. The van der Waals surface area contributed by atoms with Crippen LogP contribution in [0.3, 0.4) is 0 Å². The molecule has 2 N–H and O–H groups in total. The van der Waals surface area contributed by atoms with E-state index in [2.05, 4.69) is 20.2 Å². The Balaban J connectivity index is 1.50. The number of nitrogens with zero attached hydrogens (tertiary/aromatic N) is 4. The van der Waals surface area contributed by atoms with Crippen molar-refractivity contribution in [2.24, 2.45) is 0 Å². The molecule has 1 saturated carbocycles. The molecule has 212 valence electrons. The third-order valence-corrected chi connectivity index (χ3v) is 7.85. The molecule has 1 saturated heterocycles. The second kappa shape index (κ2) is 12.2. The molecule has 2 heterocycles. The molecule has 1 aliphatic carbocycles. The van der Waals surface area contributed by atoms with Gasteiger partial charge in [0.1, 0.15) is 11.6 Å². The van der Waals surface area contributed by atoms with Gasteiger partial charge in [0, 0.05) is 51.4 Å². The Hall–Kier alpha value is -3.79. The van der Waals surface area contributed by atoms with E-state index in [4.69, 9.17) is 0 Å². The average Bonchev–Trinajstić information content (AvgIpc) is 3.38. The van der Waals surface area contributed by atoms with Crippen molar-refractivity contribution in [2.75, 3.05) is 33.7 Å². The molecule has 1 aliphatic heterocycles. The van der Waals surface area contributed by atoms with Crippen molar-refractivity contribution in [1.29, 1.82) is 0 Å². The smallest absolute Gasteiger partial charge is 0.317 e. The molecule has 1 aromatic heterocycles. The molecule has 0 bridgehead atoms. The van der Waals surface area contributed by atoms with Crippen molar-refractivity contribution >= 4 is 11.9 Å². The minimum absolute atomic E-state index is 0.0593. The lowest BCUT2D eigenvalue weighted by Gasteiger charge is -2.37. The highest BCUT2D eigenvalue weighted by atomic mass is 19.1. The van der Waals surface area contributed by atoms with Gasteiger partial charge in [0.2, 0.25) is 0 Å². The van der Waals surface area contributed by atoms with Crippen molar-refractivity contribution in [3.05, 3.63) is 77.8 Å². The maximum atomic E-state index is 14.2. The van der Waals surface area contributed by atoms with Crippen molar-refractivity contribution in [3.8, 4) is 11.3 Å². The van der Waals surface area contributed by atoms with E-state index in [0.29, 0.717) is 37.3 Å². The predicted octanol–water partition coefficient (Wildman–Crippen LogP) is 4.24. The van der Waals surface area contributed by atoms with Crippen LogP contribution in [0.4, 0.5) is 13.6 Å². The Labute approximate surface area is 233 Å². The van der Waals surface area contributed by atoms with Crippen LogP contribution in [0.2, 0.25) is 0 Å². The van der Waals surface area contributed by atoms with E-state index in [9.17, 15) is 18.4 Å². The van der Waals surface area contributed by atoms with Crippen LogP contribution in [0.25, 0.3) is 11.3 Å². The summed E-state index contributed by atoms with van der Waals surface area (Å²) in [6.07, 6.45) is 5.75. The summed E-state index contributed by atoms with van der Waals surface area (Å²) >= 11 is 0. The fourth-order valence-corrected chi connectivity index (χ4v) is 5.90. The van der Waals surface area contributed by atoms with Gasteiger partial charge in [0.25, 0.3) is 5.91 Å². The molecule has 40 heavy (non-hydrogen) atoms. The number of carbonyl (C=O) groups excluding carboxylic acids is 2. The first-order valence-corrected chi connectivity index (χ1v) is 13.9. The summed E-state index contributed by atoms with van der Waals surface area (Å²) in [4.78, 5) is 34.7. The molecule has 0 unspecified atom stereocenters. The fourth-order valence-electron chi connectivity index (χ4n) is 5.90. The molecule has 2 aliphatic rings. The summed E-state index contributed by atoms with van der Waals surface area (Å²) in [6, 6.07) is 12.6. The second-order valence-corrected chi connectivity index (χ2v) is 10.9. The fraction of sp³-hybridized carbons (Fsp3) is 0.433. The number of urea groups is 1. The van der Waals surface area contributed by atoms with Crippen molar-refractivity contribution in [1.82, 2.24) is 30.0 Å². The number of amides is 3. The van der Waals surface area contributed by atoms with Crippen molar-refractivity contribution < 1.29 is 18.4 Å². The quantitative estimate of drug-likeness (QED) is 0.481. The molecule has 3 amide bonds. The Morgan fingerprint density at radius 3 is 2.52 bits per heavy atom. The summed E-state index contributed by atoms with van der Waals surface area (Å²) in [6.45, 7) is 1.57. The Morgan fingerprint density at radius 1 is 1.07 bits per heavy atom. The number of benzene rings is 2. The number of halogens is 2. The van der Waals surface area contributed by atoms with Crippen molar-refractivity contribution in [3.63, 3.8) is 0 Å². The van der Waals surface area contributed by atoms with E-state index in [1.54, 1.807) is 25.3 Å². The maximum absolute atomic E-state index is 14.2. The summed E-state index contributed by atoms with van der Waals surface area (Å²) in [5.41, 5.74) is 2.42. The number of imidazole rings is 1. The normalized spacial score (nSPS) is 21.2. The molecule has 3 aromatic rings. The van der Waals surface area contributed by atoms with Crippen LogP contribution in [-0.4, -0.2) is 77.1 Å². The van der Waals surface area contributed by atoms with E-state index >= 15 is 0 Å². The van der Waals surface area contributed by atoms with Gasteiger partial charge in [-0.1, -0.05) is 43.2 Å². The lowest BCUT2D eigenvalue weighted by Crippen LogP contribution is -2.54. The Kier molecular flexibility index (Phi) is 8.44. The third kappa shape index (κ3) is 6.01. The van der Waals surface area contributed by atoms with E-state index in [1.165, 1.54) is 17.0 Å². The van der Waals surface area contributed by atoms with Gasteiger partial charge in [-0.15, -0.1) is 0 Å². The van der Waals surface area contributed by atoms with Gasteiger partial charge in [-0.25, -0.2) is 18.6 Å². The Morgan fingerprint density at radius 2 is 1.80 bits per heavy atom. The van der Waals surface area contributed by atoms with Gasteiger partial charge >= 0.3 is 6.03 Å². The first kappa shape index (κ1) is 27.8. The molecular weight excluding hydrogens is 514 g/mol. The number of carbonyl (C=O) groups is 2. The number of aromatic nitrogens is 2. The van der Waals surface area contributed by atoms with Crippen molar-refractivity contribution in [2.45, 2.75) is 50.2 Å². The highest BCUT2D eigenvalue weighted by Gasteiger charge is 2.35. The van der Waals surface area contributed by atoms with Gasteiger partial charge in [-0.2, -0.15) is 0 Å². The minimum atomic E-state index is -0.634. The summed E-state index contributed by atoms with van der Waals surface area (Å²) in [5, 5.41) is 6.47. The van der Waals surface area contributed by atoms with Gasteiger partial charge in [0.05, 0.1) is 24.1 Å². The van der Waals surface area contributed by atoms with Crippen LogP contribution >= 0.6 is 0 Å². The van der Waals surface area contributed by atoms with Gasteiger partial charge < -0.3 is 25.0 Å². The molecule has 2 fully saturated rings. The lowest BCUT2D eigenvalue weighted by atomic mass is 9.89. The SMILES string of the molecule is CN(C)C(=O)N[C@H]1CCCC[C@@H]1n1cnc(C(=O)N2CCNC[C@H]2Cc2cc(F)cc(F)c2)c1-c1ccccc1. The van der Waals surface area contributed by atoms with E-state index < -0.39 is 11.6 Å². The highest BCUT2D eigenvalue weighted by Crippen LogP contribution is 2.35. The molecule has 0 radical (unpaired) electrons. The predicted molar refractivity (Wildman–Crippen MR) is 149 cm³/mol. The number of hydrogen-bond donors (Lipinski definition) is 2. The first-order valence-electron chi connectivity index (χ1n) is 13.9. The molecular formula is C30H36F2N6O2. The topological polar surface area (TPSA) is 82.5 Å². The lowest BCUT2D eigenvalue weighted by molar-refractivity contribution is 0.0631.